The third-order valence-electron chi connectivity index (χ3n) is 6.10. The molecule has 1 saturated carbocycles. The van der Waals surface area contributed by atoms with Crippen LogP contribution in [0, 0.1) is 5.92 Å². The quantitative estimate of drug-likeness (QED) is 0.706. The average molecular weight is 422 g/mol. The third kappa shape index (κ3) is 4.55. The first kappa shape index (κ1) is 20.9. The van der Waals surface area contributed by atoms with Gasteiger partial charge in [-0.15, -0.1) is 0 Å². The van der Waals surface area contributed by atoms with E-state index in [2.05, 4.69) is 10.6 Å². The topological polar surface area (TPSA) is 93.7 Å². The second kappa shape index (κ2) is 8.79. The number of carbonyl (C=O) groups is 3. The number of methoxy groups -OCH3 is 1. The van der Waals surface area contributed by atoms with Crippen LogP contribution in [0.5, 0.6) is 5.75 Å². The highest BCUT2D eigenvalue weighted by atomic mass is 16.6. The number of ether oxygens (including phenoxy) is 2. The number of rotatable bonds is 5. The van der Waals surface area contributed by atoms with Gasteiger partial charge in [0, 0.05) is 16.9 Å². The Morgan fingerprint density at radius 2 is 1.55 bits per heavy atom. The first-order valence-electron chi connectivity index (χ1n) is 10.6. The lowest BCUT2D eigenvalue weighted by Crippen LogP contribution is -2.43. The van der Waals surface area contributed by atoms with E-state index >= 15 is 0 Å². The van der Waals surface area contributed by atoms with Gasteiger partial charge in [-0.2, -0.15) is 0 Å². The smallest absolute Gasteiger partial charge is 0.307 e. The fourth-order valence-corrected chi connectivity index (χ4v) is 4.44. The van der Waals surface area contributed by atoms with Gasteiger partial charge in [0.15, 0.2) is 0 Å². The summed E-state index contributed by atoms with van der Waals surface area (Å²) >= 11 is 0. The van der Waals surface area contributed by atoms with Crippen molar-refractivity contribution in [3.63, 3.8) is 0 Å². The number of hydrogen-bond acceptors (Lipinski definition) is 5. The van der Waals surface area contributed by atoms with E-state index in [0.29, 0.717) is 22.7 Å². The van der Waals surface area contributed by atoms with Gasteiger partial charge in [-0.3, -0.25) is 14.4 Å². The maximum atomic E-state index is 12.9. The van der Waals surface area contributed by atoms with E-state index in [-0.39, 0.29) is 24.2 Å². The summed E-state index contributed by atoms with van der Waals surface area (Å²) in [7, 11) is 1.58. The van der Waals surface area contributed by atoms with Crippen LogP contribution in [0.3, 0.4) is 0 Å². The normalized spacial score (nSPS) is 19.5. The second-order valence-electron chi connectivity index (χ2n) is 8.11. The number of hydrogen-bond donors (Lipinski definition) is 2. The molecule has 1 atom stereocenters. The average Bonchev–Trinajstić information content (AvgIpc) is 3.10. The highest BCUT2D eigenvalue weighted by Gasteiger charge is 2.52. The number of amides is 2. The summed E-state index contributed by atoms with van der Waals surface area (Å²) in [5, 5.41) is 5.71. The molecule has 1 heterocycles. The summed E-state index contributed by atoms with van der Waals surface area (Å²) in [5.41, 5.74) is 1.05. The zero-order valence-electron chi connectivity index (χ0n) is 17.5. The molecule has 1 aliphatic heterocycles. The van der Waals surface area contributed by atoms with Crippen molar-refractivity contribution in [1.29, 1.82) is 0 Å². The maximum Gasteiger partial charge on any atom is 0.307 e. The molecule has 162 valence electrons. The van der Waals surface area contributed by atoms with Gasteiger partial charge in [0.2, 0.25) is 5.91 Å². The van der Waals surface area contributed by atoms with Crippen LogP contribution in [0.1, 0.15) is 48.9 Å². The lowest BCUT2D eigenvalue weighted by molar-refractivity contribution is -0.153. The van der Waals surface area contributed by atoms with Crippen LogP contribution in [0.2, 0.25) is 0 Å². The van der Waals surface area contributed by atoms with Crippen molar-refractivity contribution in [3.8, 4) is 5.75 Å². The molecule has 2 aromatic carbocycles. The minimum atomic E-state index is -0.655. The molecule has 2 N–H and O–H groups in total. The van der Waals surface area contributed by atoms with Crippen LogP contribution >= 0.6 is 0 Å². The van der Waals surface area contributed by atoms with E-state index in [9.17, 15) is 14.4 Å². The van der Waals surface area contributed by atoms with Crippen molar-refractivity contribution >= 4 is 29.2 Å². The molecule has 7 heteroatoms. The minimum absolute atomic E-state index is 0.119. The van der Waals surface area contributed by atoms with Crippen molar-refractivity contribution in [1.82, 2.24) is 0 Å². The Hall–Kier alpha value is -3.35. The van der Waals surface area contributed by atoms with E-state index in [1.165, 1.54) is 0 Å². The van der Waals surface area contributed by atoms with E-state index in [0.717, 1.165) is 32.1 Å². The van der Waals surface area contributed by atoms with Gasteiger partial charge in [0.05, 0.1) is 19.4 Å². The van der Waals surface area contributed by atoms with Crippen LogP contribution in [-0.4, -0.2) is 30.5 Å². The number of anilines is 2. The predicted molar refractivity (Wildman–Crippen MR) is 116 cm³/mol. The van der Waals surface area contributed by atoms with Gasteiger partial charge >= 0.3 is 5.97 Å². The number of carbonyl (C=O) groups excluding carboxylic acids is 3. The number of nitrogens with one attached hydrogen (secondary N) is 2. The third-order valence-corrected chi connectivity index (χ3v) is 6.10. The molecule has 0 aromatic heterocycles. The summed E-state index contributed by atoms with van der Waals surface area (Å²) in [6.45, 7) is 0. The Kier molecular flexibility index (Phi) is 5.93. The molecule has 1 aliphatic carbocycles. The van der Waals surface area contributed by atoms with Crippen LogP contribution in [-0.2, 0) is 14.3 Å². The molecule has 2 amide bonds. The van der Waals surface area contributed by atoms with E-state index in [1.807, 2.05) is 0 Å². The van der Waals surface area contributed by atoms with Crippen molar-refractivity contribution in [2.24, 2.45) is 5.92 Å². The second-order valence-corrected chi connectivity index (χ2v) is 8.11. The summed E-state index contributed by atoms with van der Waals surface area (Å²) in [6, 6.07) is 13.7. The summed E-state index contributed by atoms with van der Waals surface area (Å²) in [4.78, 5) is 37.3. The van der Waals surface area contributed by atoms with Crippen molar-refractivity contribution in [2.45, 2.75) is 44.1 Å². The summed E-state index contributed by atoms with van der Waals surface area (Å²) in [5.74, 6) is -0.518. The molecule has 0 unspecified atom stereocenters. The van der Waals surface area contributed by atoms with Crippen LogP contribution in [0.15, 0.2) is 48.5 Å². The van der Waals surface area contributed by atoms with Crippen LogP contribution in [0.25, 0.3) is 0 Å². The van der Waals surface area contributed by atoms with Gasteiger partial charge in [-0.05, 0) is 74.2 Å². The van der Waals surface area contributed by atoms with Gasteiger partial charge in [0.25, 0.3) is 5.91 Å². The number of esters is 1. The highest BCUT2D eigenvalue weighted by molar-refractivity contribution is 6.05. The fourth-order valence-electron chi connectivity index (χ4n) is 4.44. The molecule has 2 aliphatic rings. The molecule has 2 aromatic rings. The summed E-state index contributed by atoms with van der Waals surface area (Å²) < 4.78 is 10.7. The lowest BCUT2D eigenvalue weighted by Gasteiger charge is -2.36. The molecular weight excluding hydrogens is 396 g/mol. The molecule has 1 spiro atoms. The fraction of sp³-hybridized carbons (Fsp3) is 0.375. The van der Waals surface area contributed by atoms with Gasteiger partial charge in [0.1, 0.15) is 11.4 Å². The van der Waals surface area contributed by atoms with Crippen molar-refractivity contribution in [2.75, 3.05) is 17.7 Å². The van der Waals surface area contributed by atoms with Gasteiger partial charge < -0.3 is 20.1 Å². The molecule has 1 saturated heterocycles. The Bertz CT molecular complexity index is 962. The first-order valence-corrected chi connectivity index (χ1v) is 10.6. The monoisotopic (exact) mass is 422 g/mol. The molecule has 31 heavy (non-hydrogen) atoms. The van der Waals surface area contributed by atoms with Crippen molar-refractivity contribution in [3.05, 3.63) is 54.1 Å². The molecule has 7 nitrogen and oxygen atoms in total. The molecular formula is C24H26N2O5. The Morgan fingerprint density at radius 1 is 0.935 bits per heavy atom. The van der Waals surface area contributed by atoms with Crippen LogP contribution in [0.4, 0.5) is 11.4 Å². The largest absolute Gasteiger partial charge is 0.497 e. The van der Waals surface area contributed by atoms with Gasteiger partial charge in [-0.25, -0.2) is 0 Å². The lowest BCUT2D eigenvalue weighted by atomic mass is 9.75. The van der Waals surface area contributed by atoms with Gasteiger partial charge in [-0.1, -0.05) is 6.42 Å². The minimum Gasteiger partial charge on any atom is -0.497 e. The SMILES string of the molecule is COc1ccc(NC(=O)c2ccc(NC(=O)[C@@H]3CC(=O)OC34CCCCC4)cc2)cc1. The molecule has 0 radical (unpaired) electrons. The number of benzene rings is 2. The summed E-state index contributed by atoms with van der Waals surface area (Å²) in [6.07, 6.45) is 4.63. The molecule has 2 fully saturated rings. The Labute approximate surface area is 181 Å². The Balaban J connectivity index is 1.39. The molecule has 0 bridgehead atoms. The maximum absolute atomic E-state index is 12.9. The first-order chi connectivity index (χ1) is 15.0. The molecule has 4 rings (SSSR count). The predicted octanol–water partition coefficient (Wildman–Crippen LogP) is 4.15. The zero-order chi connectivity index (χ0) is 21.8. The zero-order valence-corrected chi connectivity index (χ0v) is 17.5. The Morgan fingerprint density at radius 3 is 2.19 bits per heavy atom. The standard InChI is InChI=1S/C24H26N2O5/c1-30-19-11-9-18(10-12-19)25-22(28)16-5-7-17(8-6-16)26-23(29)20-15-21(27)31-24(20)13-3-2-4-14-24/h5-12,20H,2-4,13-15H2,1H3,(H,25,28)(H,26,29)/t20-/m0/s1. The highest BCUT2D eigenvalue weighted by Crippen LogP contribution is 2.44. The van der Waals surface area contributed by atoms with E-state index in [1.54, 1.807) is 55.6 Å². The van der Waals surface area contributed by atoms with Crippen molar-refractivity contribution < 1.29 is 23.9 Å². The van der Waals surface area contributed by atoms with Crippen LogP contribution < -0.4 is 15.4 Å². The van der Waals surface area contributed by atoms with E-state index in [4.69, 9.17) is 9.47 Å². The van der Waals surface area contributed by atoms with E-state index < -0.39 is 11.5 Å².